The lowest BCUT2D eigenvalue weighted by Crippen LogP contribution is -2.34. The van der Waals surface area contributed by atoms with Crippen molar-refractivity contribution in [3.05, 3.63) is 35.4 Å². The first-order valence-corrected chi connectivity index (χ1v) is 6.35. The van der Waals surface area contributed by atoms with Gasteiger partial charge in [0.15, 0.2) is 0 Å². The number of carboxylic acids is 1. The van der Waals surface area contributed by atoms with Crippen molar-refractivity contribution in [2.75, 3.05) is 13.1 Å². The number of carboxylic acid groups (broad SMARTS) is 1. The number of hydrogen-bond donors (Lipinski definition) is 3. The highest BCUT2D eigenvalue weighted by Gasteiger charge is 2.11. The Balaban J connectivity index is 2.50. The Morgan fingerprint density at radius 1 is 1.37 bits per heavy atom. The van der Waals surface area contributed by atoms with Crippen molar-refractivity contribution in [1.29, 1.82) is 0 Å². The van der Waals surface area contributed by atoms with Crippen LogP contribution in [-0.2, 0) is 11.3 Å². The van der Waals surface area contributed by atoms with Gasteiger partial charge in [0.1, 0.15) is 0 Å². The molecule has 0 saturated heterocycles. The number of carbonyl (C=O) groups excluding carboxylic acids is 1. The van der Waals surface area contributed by atoms with Crippen LogP contribution >= 0.6 is 0 Å². The van der Waals surface area contributed by atoms with Gasteiger partial charge < -0.3 is 15.7 Å². The minimum Gasteiger partial charge on any atom is -0.478 e. The zero-order valence-electron chi connectivity index (χ0n) is 11.3. The zero-order valence-corrected chi connectivity index (χ0v) is 11.3. The molecule has 5 nitrogen and oxygen atoms in total. The smallest absolute Gasteiger partial charge is 0.335 e. The van der Waals surface area contributed by atoms with Gasteiger partial charge in [-0.3, -0.25) is 4.79 Å². The summed E-state index contributed by atoms with van der Waals surface area (Å²) in [5, 5.41) is 14.8. The maximum atomic E-state index is 11.8. The van der Waals surface area contributed by atoms with E-state index in [2.05, 4.69) is 10.6 Å². The minimum absolute atomic E-state index is 0.0401. The monoisotopic (exact) mass is 264 g/mol. The first kappa shape index (κ1) is 15.2. The highest BCUT2D eigenvalue weighted by Crippen LogP contribution is 2.05. The first-order chi connectivity index (χ1) is 9.04. The van der Waals surface area contributed by atoms with Gasteiger partial charge in [-0.15, -0.1) is 0 Å². The second kappa shape index (κ2) is 7.53. The summed E-state index contributed by atoms with van der Waals surface area (Å²) in [6.45, 7) is 5.65. The average Bonchev–Trinajstić information content (AvgIpc) is 2.42. The molecule has 1 aromatic rings. The van der Waals surface area contributed by atoms with Gasteiger partial charge in [0.05, 0.1) is 5.56 Å². The third kappa shape index (κ3) is 5.09. The van der Waals surface area contributed by atoms with Crippen LogP contribution in [0.3, 0.4) is 0 Å². The molecule has 0 radical (unpaired) electrons. The second-order valence-corrected chi connectivity index (χ2v) is 4.43. The average molecular weight is 264 g/mol. The van der Waals surface area contributed by atoms with Crippen LogP contribution in [0.25, 0.3) is 0 Å². The van der Waals surface area contributed by atoms with Crippen LogP contribution in [0.1, 0.15) is 29.8 Å². The molecule has 1 amide bonds. The third-order valence-electron chi connectivity index (χ3n) is 2.79. The van der Waals surface area contributed by atoms with Crippen molar-refractivity contribution in [3.8, 4) is 0 Å². The highest BCUT2D eigenvalue weighted by molar-refractivity contribution is 5.87. The largest absolute Gasteiger partial charge is 0.478 e. The van der Waals surface area contributed by atoms with Crippen molar-refractivity contribution in [1.82, 2.24) is 10.6 Å². The molecule has 0 saturated carbocycles. The molecule has 0 aliphatic carbocycles. The van der Waals surface area contributed by atoms with Gasteiger partial charge in [-0.1, -0.05) is 26.0 Å². The summed E-state index contributed by atoms with van der Waals surface area (Å²) >= 11 is 0. The van der Waals surface area contributed by atoms with E-state index in [0.29, 0.717) is 13.1 Å². The van der Waals surface area contributed by atoms with Crippen LogP contribution < -0.4 is 10.6 Å². The molecule has 1 aromatic carbocycles. The van der Waals surface area contributed by atoms with Crippen molar-refractivity contribution >= 4 is 11.9 Å². The number of carbonyl (C=O) groups is 2. The topological polar surface area (TPSA) is 78.4 Å². The van der Waals surface area contributed by atoms with Crippen LogP contribution in [0.15, 0.2) is 24.3 Å². The Bertz CT molecular complexity index is 446. The van der Waals surface area contributed by atoms with Crippen LogP contribution in [0, 0.1) is 5.92 Å². The van der Waals surface area contributed by atoms with E-state index < -0.39 is 5.97 Å². The molecule has 0 aromatic heterocycles. The number of nitrogens with one attached hydrogen (secondary N) is 2. The first-order valence-electron chi connectivity index (χ1n) is 6.35. The number of hydrogen-bond acceptors (Lipinski definition) is 3. The molecule has 104 valence electrons. The molecule has 0 bridgehead atoms. The Hall–Kier alpha value is -1.88. The van der Waals surface area contributed by atoms with Crippen molar-refractivity contribution in [2.24, 2.45) is 5.92 Å². The minimum atomic E-state index is -0.964. The number of aromatic carboxylic acids is 1. The fourth-order valence-electron chi connectivity index (χ4n) is 1.63. The lowest BCUT2D eigenvalue weighted by molar-refractivity contribution is -0.124. The van der Waals surface area contributed by atoms with Gasteiger partial charge in [0.2, 0.25) is 5.91 Å². The molecule has 1 unspecified atom stereocenters. The van der Waals surface area contributed by atoms with Crippen molar-refractivity contribution in [2.45, 2.75) is 20.4 Å². The molecule has 3 N–H and O–H groups in total. The van der Waals surface area contributed by atoms with E-state index in [1.807, 2.05) is 13.8 Å². The van der Waals surface area contributed by atoms with E-state index in [9.17, 15) is 9.59 Å². The van der Waals surface area contributed by atoms with Crippen LogP contribution in [0.4, 0.5) is 0 Å². The van der Waals surface area contributed by atoms with E-state index in [1.54, 1.807) is 18.2 Å². The summed E-state index contributed by atoms with van der Waals surface area (Å²) in [5.41, 5.74) is 1.01. The molecule has 5 heteroatoms. The molecule has 0 aliphatic heterocycles. The standard InChI is InChI=1S/C14H20N2O3/c1-3-15-8-10(2)13(17)16-9-11-5-4-6-12(7-11)14(18)19/h4-7,10,15H,3,8-9H2,1-2H3,(H,16,17)(H,18,19). The predicted molar refractivity (Wildman–Crippen MR) is 73.0 cm³/mol. The number of rotatable bonds is 7. The number of benzene rings is 1. The molecular weight excluding hydrogens is 244 g/mol. The van der Waals surface area contributed by atoms with Gasteiger partial charge in [-0.2, -0.15) is 0 Å². The summed E-state index contributed by atoms with van der Waals surface area (Å²) in [6.07, 6.45) is 0. The molecule has 0 spiro atoms. The van der Waals surface area contributed by atoms with Gasteiger partial charge >= 0.3 is 5.97 Å². The molecule has 0 heterocycles. The molecule has 1 rings (SSSR count). The number of amides is 1. The fourth-order valence-corrected chi connectivity index (χ4v) is 1.63. The van der Waals surface area contributed by atoms with Crippen LogP contribution in [-0.4, -0.2) is 30.1 Å². The molecular formula is C14H20N2O3. The summed E-state index contributed by atoms with van der Waals surface area (Å²) in [6, 6.07) is 6.56. The van der Waals surface area contributed by atoms with E-state index in [4.69, 9.17) is 5.11 Å². The van der Waals surface area contributed by atoms with Crippen molar-refractivity contribution < 1.29 is 14.7 Å². The molecule has 0 aliphatic rings. The third-order valence-corrected chi connectivity index (χ3v) is 2.79. The SMILES string of the molecule is CCNCC(C)C(=O)NCc1cccc(C(=O)O)c1. The Morgan fingerprint density at radius 3 is 2.74 bits per heavy atom. The van der Waals surface area contributed by atoms with Gasteiger partial charge in [-0.25, -0.2) is 4.79 Å². The Labute approximate surface area is 113 Å². The van der Waals surface area contributed by atoms with E-state index >= 15 is 0 Å². The maximum absolute atomic E-state index is 11.8. The van der Waals surface area contributed by atoms with E-state index in [-0.39, 0.29) is 17.4 Å². The Morgan fingerprint density at radius 2 is 2.11 bits per heavy atom. The quantitative estimate of drug-likeness (QED) is 0.692. The van der Waals surface area contributed by atoms with Gasteiger partial charge in [-0.05, 0) is 24.2 Å². The van der Waals surface area contributed by atoms with E-state index in [0.717, 1.165) is 12.1 Å². The normalized spacial score (nSPS) is 11.9. The summed E-state index contributed by atoms with van der Waals surface area (Å²) in [7, 11) is 0. The summed E-state index contributed by atoms with van der Waals surface area (Å²) < 4.78 is 0. The maximum Gasteiger partial charge on any atom is 0.335 e. The Kier molecular flexibility index (Phi) is 6.02. The molecule has 1 atom stereocenters. The lowest BCUT2D eigenvalue weighted by Gasteiger charge is -2.12. The van der Waals surface area contributed by atoms with Gasteiger partial charge in [0, 0.05) is 19.0 Å². The van der Waals surface area contributed by atoms with Crippen molar-refractivity contribution in [3.63, 3.8) is 0 Å². The van der Waals surface area contributed by atoms with Gasteiger partial charge in [0.25, 0.3) is 0 Å². The second-order valence-electron chi connectivity index (χ2n) is 4.43. The van der Waals surface area contributed by atoms with Crippen LogP contribution in [0.5, 0.6) is 0 Å². The molecule has 19 heavy (non-hydrogen) atoms. The fraction of sp³-hybridized carbons (Fsp3) is 0.429. The van der Waals surface area contributed by atoms with Crippen LogP contribution in [0.2, 0.25) is 0 Å². The zero-order chi connectivity index (χ0) is 14.3. The predicted octanol–water partition coefficient (Wildman–Crippen LogP) is 1.25. The molecule has 0 fully saturated rings. The summed E-state index contributed by atoms with van der Waals surface area (Å²) in [4.78, 5) is 22.6. The highest BCUT2D eigenvalue weighted by atomic mass is 16.4. The summed E-state index contributed by atoms with van der Waals surface area (Å²) in [5.74, 6) is -1.11. The van der Waals surface area contributed by atoms with E-state index in [1.165, 1.54) is 6.07 Å². The lowest BCUT2D eigenvalue weighted by atomic mass is 10.1.